The van der Waals surface area contributed by atoms with Crippen molar-refractivity contribution in [1.82, 2.24) is 14.9 Å². The fourth-order valence-electron chi connectivity index (χ4n) is 2.10. The molecule has 7 heteroatoms. The Morgan fingerprint density at radius 1 is 1.12 bits per heavy atom. The summed E-state index contributed by atoms with van der Waals surface area (Å²) in [6.07, 6.45) is 0.138. The van der Waals surface area contributed by atoms with Gasteiger partial charge in [-0.3, -0.25) is 4.79 Å². The molecule has 0 unspecified atom stereocenters. The molecule has 0 fully saturated rings. The highest BCUT2D eigenvalue weighted by Crippen LogP contribution is 2.23. The average Bonchev–Trinajstić information content (AvgIpc) is 2.51. The molecular weight excluding hydrogens is 326 g/mol. The number of rotatable bonds is 8. The SMILES string of the molecule is CNCCN(C)C(=O)CCNS(=O)(=O)c1ccc(C(C)(C)C)cc1. The third-order valence-corrected chi connectivity index (χ3v) is 5.26. The molecule has 136 valence electrons. The zero-order chi connectivity index (χ0) is 18.4. The van der Waals surface area contributed by atoms with Crippen molar-refractivity contribution in [3.05, 3.63) is 29.8 Å². The van der Waals surface area contributed by atoms with Crippen LogP contribution in [0.25, 0.3) is 0 Å². The number of carbonyl (C=O) groups is 1. The molecule has 0 aromatic heterocycles. The molecule has 0 aliphatic rings. The number of sulfonamides is 1. The lowest BCUT2D eigenvalue weighted by molar-refractivity contribution is -0.129. The van der Waals surface area contributed by atoms with E-state index in [1.807, 2.05) is 19.2 Å². The molecule has 2 N–H and O–H groups in total. The van der Waals surface area contributed by atoms with E-state index in [4.69, 9.17) is 0 Å². The van der Waals surface area contributed by atoms with Crippen LogP contribution in [0.4, 0.5) is 0 Å². The second kappa shape index (κ2) is 8.60. The molecule has 0 heterocycles. The molecule has 0 saturated carbocycles. The van der Waals surface area contributed by atoms with Gasteiger partial charge in [-0.05, 0) is 30.2 Å². The van der Waals surface area contributed by atoms with E-state index in [1.54, 1.807) is 24.1 Å². The predicted molar refractivity (Wildman–Crippen MR) is 96.5 cm³/mol. The van der Waals surface area contributed by atoms with Crippen LogP contribution in [0, 0.1) is 0 Å². The Morgan fingerprint density at radius 2 is 1.71 bits per heavy atom. The maximum Gasteiger partial charge on any atom is 0.240 e. The van der Waals surface area contributed by atoms with Gasteiger partial charge in [-0.1, -0.05) is 32.9 Å². The van der Waals surface area contributed by atoms with Gasteiger partial charge in [-0.2, -0.15) is 0 Å². The molecule has 1 aromatic carbocycles. The van der Waals surface area contributed by atoms with E-state index in [2.05, 4.69) is 30.8 Å². The molecule has 0 aliphatic heterocycles. The zero-order valence-electron chi connectivity index (χ0n) is 15.2. The van der Waals surface area contributed by atoms with Gasteiger partial charge in [0.15, 0.2) is 0 Å². The molecule has 6 nitrogen and oxygen atoms in total. The number of nitrogens with zero attached hydrogens (tertiary/aromatic N) is 1. The smallest absolute Gasteiger partial charge is 0.240 e. The standard InChI is InChI=1S/C17H29N3O3S/c1-17(2,3)14-6-8-15(9-7-14)24(22,23)19-11-10-16(21)20(5)13-12-18-4/h6-9,18-19H,10-13H2,1-5H3. The number of likely N-dealkylation sites (N-methyl/N-ethyl adjacent to an activating group) is 2. The number of carbonyl (C=O) groups excluding carboxylic acids is 1. The molecule has 0 saturated heterocycles. The minimum absolute atomic E-state index is 0.0277. The van der Waals surface area contributed by atoms with Crippen molar-refractivity contribution < 1.29 is 13.2 Å². The minimum atomic E-state index is -3.59. The van der Waals surface area contributed by atoms with Crippen molar-refractivity contribution in [2.45, 2.75) is 37.5 Å². The minimum Gasteiger partial charge on any atom is -0.344 e. The van der Waals surface area contributed by atoms with Crippen molar-refractivity contribution in [2.75, 3.05) is 33.7 Å². The molecule has 0 radical (unpaired) electrons. The molecule has 0 bridgehead atoms. The second-order valence-electron chi connectivity index (χ2n) is 6.84. The third-order valence-electron chi connectivity index (χ3n) is 3.78. The summed E-state index contributed by atoms with van der Waals surface area (Å²) < 4.78 is 27.0. The van der Waals surface area contributed by atoms with Crippen LogP contribution in [-0.4, -0.2) is 53.0 Å². The first-order chi connectivity index (χ1) is 11.1. The Kier molecular flexibility index (Phi) is 7.38. The predicted octanol–water partition coefficient (Wildman–Crippen LogP) is 1.33. The van der Waals surface area contributed by atoms with Gasteiger partial charge in [-0.15, -0.1) is 0 Å². The van der Waals surface area contributed by atoms with Gasteiger partial charge in [0.25, 0.3) is 0 Å². The molecule has 1 amide bonds. The molecule has 0 atom stereocenters. The highest BCUT2D eigenvalue weighted by Gasteiger charge is 2.18. The number of hydrogen-bond acceptors (Lipinski definition) is 4. The fraction of sp³-hybridized carbons (Fsp3) is 0.588. The molecule has 1 rings (SSSR count). The van der Waals surface area contributed by atoms with E-state index in [0.29, 0.717) is 13.1 Å². The molecule has 0 aliphatic carbocycles. The van der Waals surface area contributed by atoms with E-state index in [9.17, 15) is 13.2 Å². The highest BCUT2D eigenvalue weighted by molar-refractivity contribution is 7.89. The van der Waals surface area contributed by atoms with Crippen LogP contribution >= 0.6 is 0 Å². The second-order valence-corrected chi connectivity index (χ2v) is 8.61. The van der Waals surface area contributed by atoms with Crippen molar-refractivity contribution in [3.63, 3.8) is 0 Å². The maximum absolute atomic E-state index is 12.3. The Labute approximate surface area is 145 Å². The lowest BCUT2D eigenvalue weighted by atomic mass is 9.87. The first-order valence-electron chi connectivity index (χ1n) is 8.06. The quantitative estimate of drug-likeness (QED) is 0.737. The molecule has 0 spiro atoms. The van der Waals surface area contributed by atoms with Crippen LogP contribution in [-0.2, 0) is 20.2 Å². The molecular formula is C17H29N3O3S. The largest absolute Gasteiger partial charge is 0.344 e. The van der Waals surface area contributed by atoms with Gasteiger partial charge in [-0.25, -0.2) is 13.1 Å². The van der Waals surface area contributed by atoms with Crippen LogP contribution < -0.4 is 10.0 Å². The van der Waals surface area contributed by atoms with Gasteiger partial charge < -0.3 is 10.2 Å². The van der Waals surface area contributed by atoms with Crippen LogP contribution in [0.5, 0.6) is 0 Å². The van der Waals surface area contributed by atoms with Crippen molar-refractivity contribution in [2.24, 2.45) is 0 Å². The van der Waals surface area contributed by atoms with Crippen LogP contribution in [0.3, 0.4) is 0 Å². The number of hydrogen-bond donors (Lipinski definition) is 2. The Morgan fingerprint density at radius 3 is 2.21 bits per heavy atom. The summed E-state index contributed by atoms with van der Waals surface area (Å²) in [5.74, 6) is -0.0870. The lowest BCUT2D eigenvalue weighted by Gasteiger charge is -2.19. The van der Waals surface area contributed by atoms with E-state index >= 15 is 0 Å². The first kappa shape index (κ1) is 20.6. The van der Waals surface area contributed by atoms with Gasteiger partial charge in [0.05, 0.1) is 4.90 Å². The number of benzene rings is 1. The summed E-state index contributed by atoms with van der Waals surface area (Å²) >= 11 is 0. The van der Waals surface area contributed by atoms with Gasteiger partial charge in [0.1, 0.15) is 0 Å². The van der Waals surface area contributed by atoms with Gasteiger partial charge in [0.2, 0.25) is 15.9 Å². The number of nitrogens with one attached hydrogen (secondary N) is 2. The Bertz CT molecular complexity index is 634. The topological polar surface area (TPSA) is 78.5 Å². The van der Waals surface area contributed by atoms with E-state index < -0.39 is 10.0 Å². The van der Waals surface area contributed by atoms with E-state index in [1.165, 1.54) is 0 Å². The average molecular weight is 356 g/mol. The first-order valence-corrected chi connectivity index (χ1v) is 9.55. The Balaban J connectivity index is 2.59. The van der Waals surface area contributed by atoms with E-state index in [0.717, 1.165) is 5.56 Å². The van der Waals surface area contributed by atoms with Crippen LogP contribution in [0.15, 0.2) is 29.2 Å². The highest BCUT2D eigenvalue weighted by atomic mass is 32.2. The van der Waals surface area contributed by atoms with E-state index in [-0.39, 0.29) is 29.2 Å². The summed E-state index contributed by atoms with van der Waals surface area (Å²) in [6, 6.07) is 6.85. The summed E-state index contributed by atoms with van der Waals surface area (Å²) in [4.78, 5) is 13.7. The normalized spacial score (nSPS) is 12.2. The Hall–Kier alpha value is -1.44. The van der Waals surface area contributed by atoms with Crippen molar-refractivity contribution in [1.29, 1.82) is 0 Å². The van der Waals surface area contributed by atoms with Gasteiger partial charge >= 0.3 is 0 Å². The third kappa shape index (κ3) is 6.22. The van der Waals surface area contributed by atoms with Crippen LogP contribution in [0.1, 0.15) is 32.8 Å². The van der Waals surface area contributed by atoms with Crippen molar-refractivity contribution >= 4 is 15.9 Å². The number of amides is 1. The fourth-order valence-corrected chi connectivity index (χ4v) is 3.14. The maximum atomic E-state index is 12.3. The van der Waals surface area contributed by atoms with Gasteiger partial charge in [0, 0.05) is 33.1 Å². The summed E-state index contributed by atoms with van der Waals surface area (Å²) in [6.45, 7) is 7.61. The lowest BCUT2D eigenvalue weighted by Crippen LogP contribution is -2.35. The van der Waals surface area contributed by atoms with Crippen molar-refractivity contribution in [3.8, 4) is 0 Å². The summed E-state index contributed by atoms with van der Waals surface area (Å²) in [5, 5.41) is 2.96. The van der Waals surface area contributed by atoms with Crippen LogP contribution in [0.2, 0.25) is 0 Å². The zero-order valence-corrected chi connectivity index (χ0v) is 16.0. The molecule has 24 heavy (non-hydrogen) atoms. The molecule has 1 aromatic rings. The monoisotopic (exact) mass is 355 g/mol. The summed E-state index contributed by atoms with van der Waals surface area (Å²) in [7, 11) is -0.0694. The summed E-state index contributed by atoms with van der Waals surface area (Å²) in [5.41, 5.74) is 1.04.